The number of benzene rings is 1. The van der Waals surface area contributed by atoms with Crippen molar-refractivity contribution in [1.29, 1.82) is 0 Å². The van der Waals surface area contributed by atoms with E-state index in [4.69, 9.17) is 9.15 Å². The zero-order chi connectivity index (χ0) is 21.8. The number of furan rings is 1. The number of piperazine rings is 1. The Kier molecular flexibility index (Phi) is 6.40. The van der Waals surface area contributed by atoms with E-state index in [1.54, 1.807) is 21.9 Å². The first-order chi connectivity index (χ1) is 14.9. The standard InChI is InChI=1S/C21H25N3O6S/c25-20(23-9-11-24(12-10-23)21(26)19-4-2-14-30-19)16-5-7-18(8-6-16)31(27,28)22-15-17-3-1-13-29-17/h2,4-8,14,17,22H,1,3,9-13,15H2/t17-/m1/s1. The number of sulfonamides is 1. The second-order valence-corrected chi connectivity index (χ2v) is 9.34. The van der Waals surface area contributed by atoms with Crippen LogP contribution in [0.5, 0.6) is 0 Å². The highest BCUT2D eigenvalue weighted by atomic mass is 32.2. The molecular formula is C21H25N3O6S. The Bertz CT molecular complexity index is 1010. The molecule has 1 N–H and O–H groups in total. The fourth-order valence-corrected chi connectivity index (χ4v) is 4.79. The SMILES string of the molecule is O=C(c1ccc(S(=O)(=O)NC[C@H]2CCCO2)cc1)N1CCN(C(=O)c2ccco2)CC1. The van der Waals surface area contributed by atoms with E-state index in [0.29, 0.717) is 38.3 Å². The molecule has 0 bridgehead atoms. The quantitative estimate of drug-likeness (QED) is 0.716. The molecule has 2 fully saturated rings. The molecule has 1 aromatic heterocycles. The minimum absolute atomic E-state index is 0.0889. The second-order valence-electron chi connectivity index (χ2n) is 7.57. The van der Waals surface area contributed by atoms with Crippen LogP contribution in [-0.4, -0.2) is 75.5 Å². The minimum Gasteiger partial charge on any atom is -0.459 e. The molecule has 2 aromatic rings. The molecule has 1 atom stereocenters. The molecule has 3 heterocycles. The smallest absolute Gasteiger partial charge is 0.289 e. The van der Waals surface area contributed by atoms with Crippen LogP contribution >= 0.6 is 0 Å². The van der Waals surface area contributed by atoms with E-state index >= 15 is 0 Å². The lowest BCUT2D eigenvalue weighted by atomic mass is 10.2. The van der Waals surface area contributed by atoms with Gasteiger partial charge in [-0.15, -0.1) is 0 Å². The van der Waals surface area contributed by atoms with E-state index in [1.807, 2.05) is 0 Å². The maximum absolute atomic E-state index is 12.8. The van der Waals surface area contributed by atoms with Gasteiger partial charge in [-0.25, -0.2) is 13.1 Å². The molecule has 166 valence electrons. The van der Waals surface area contributed by atoms with Gasteiger partial charge in [-0.05, 0) is 49.2 Å². The Morgan fingerprint density at radius 2 is 1.68 bits per heavy atom. The molecule has 2 amide bonds. The van der Waals surface area contributed by atoms with Crippen LogP contribution in [0.1, 0.15) is 33.8 Å². The Morgan fingerprint density at radius 3 is 2.26 bits per heavy atom. The molecular weight excluding hydrogens is 422 g/mol. The van der Waals surface area contributed by atoms with Gasteiger partial charge in [0.2, 0.25) is 10.0 Å². The van der Waals surface area contributed by atoms with Gasteiger partial charge in [0.15, 0.2) is 5.76 Å². The lowest BCUT2D eigenvalue weighted by Crippen LogP contribution is -2.50. The summed E-state index contributed by atoms with van der Waals surface area (Å²) in [6.45, 7) is 2.51. The van der Waals surface area contributed by atoms with Crippen LogP contribution < -0.4 is 4.72 Å². The lowest BCUT2D eigenvalue weighted by Gasteiger charge is -2.34. The van der Waals surface area contributed by atoms with Crippen LogP contribution in [0, 0.1) is 0 Å². The van der Waals surface area contributed by atoms with Gasteiger partial charge >= 0.3 is 0 Å². The predicted octanol–water partition coefficient (Wildman–Crippen LogP) is 1.34. The van der Waals surface area contributed by atoms with Crippen LogP contribution in [0.25, 0.3) is 0 Å². The highest BCUT2D eigenvalue weighted by Crippen LogP contribution is 2.16. The van der Waals surface area contributed by atoms with Crippen molar-refractivity contribution in [3.8, 4) is 0 Å². The normalized spacial score (nSPS) is 19.5. The van der Waals surface area contributed by atoms with Crippen molar-refractivity contribution in [1.82, 2.24) is 14.5 Å². The molecule has 31 heavy (non-hydrogen) atoms. The first-order valence-electron chi connectivity index (χ1n) is 10.3. The number of amides is 2. The topological polar surface area (TPSA) is 109 Å². The third kappa shape index (κ3) is 4.97. The van der Waals surface area contributed by atoms with Crippen molar-refractivity contribution < 1.29 is 27.2 Å². The van der Waals surface area contributed by atoms with Gasteiger partial charge in [-0.2, -0.15) is 0 Å². The Labute approximate surface area is 181 Å². The van der Waals surface area contributed by atoms with Crippen LogP contribution in [0.3, 0.4) is 0 Å². The van der Waals surface area contributed by atoms with Gasteiger partial charge in [0, 0.05) is 44.9 Å². The Morgan fingerprint density at radius 1 is 1.00 bits per heavy atom. The van der Waals surface area contributed by atoms with Crippen molar-refractivity contribution in [2.45, 2.75) is 23.8 Å². The maximum Gasteiger partial charge on any atom is 0.289 e. The summed E-state index contributed by atoms with van der Waals surface area (Å²) in [5, 5.41) is 0. The van der Waals surface area contributed by atoms with Crippen LogP contribution in [0.4, 0.5) is 0 Å². The summed E-state index contributed by atoms with van der Waals surface area (Å²) in [7, 11) is -3.66. The largest absolute Gasteiger partial charge is 0.459 e. The second kappa shape index (κ2) is 9.21. The minimum atomic E-state index is -3.66. The van der Waals surface area contributed by atoms with Crippen molar-refractivity contribution in [3.63, 3.8) is 0 Å². The summed E-state index contributed by atoms with van der Waals surface area (Å²) < 4.78 is 38.1. The molecule has 0 unspecified atom stereocenters. The number of hydrogen-bond donors (Lipinski definition) is 1. The van der Waals surface area contributed by atoms with E-state index < -0.39 is 10.0 Å². The van der Waals surface area contributed by atoms with Crippen molar-refractivity contribution in [2.75, 3.05) is 39.3 Å². The number of carbonyl (C=O) groups is 2. The molecule has 10 heteroatoms. The van der Waals surface area contributed by atoms with Gasteiger partial charge < -0.3 is 19.0 Å². The molecule has 4 rings (SSSR count). The number of nitrogens with zero attached hydrogens (tertiary/aromatic N) is 2. The maximum atomic E-state index is 12.8. The molecule has 1 aromatic carbocycles. The molecule has 9 nitrogen and oxygen atoms in total. The fourth-order valence-electron chi connectivity index (χ4n) is 3.72. The molecule has 2 aliphatic heterocycles. The summed E-state index contributed by atoms with van der Waals surface area (Å²) in [6, 6.07) is 9.18. The Balaban J connectivity index is 1.32. The summed E-state index contributed by atoms with van der Waals surface area (Å²) in [5.74, 6) is -0.104. The third-order valence-electron chi connectivity index (χ3n) is 5.52. The van der Waals surface area contributed by atoms with Crippen molar-refractivity contribution in [3.05, 3.63) is 54.0 Å². The highest BCUT2D eigenvalue weighted by Gasteiger charge is 2.27. The third-order valence-corrected chi connectivity index (χ3v) is 6.96. The number of nitrogens with one attached hydrogen (secondary N) is 1. The van der Waals surface area contributed by atoms with E-state index in [2.05, 4.69) is 4.72 Å². The predicted molar refractivity (Wildman–Crippen MR) is 111 cm³/mol. The monoisotopic (exact) mass is 447 g/mol. The molecule has 0 radical (unpaired) electrons. The average molecular weight is 448 g/mol. The van der Waals surface area contributed by atoms with Crippen molar-refractivity contribution in [2.24, 2.45) is 0 Å². The fraction of sp³-hybridized carbons (Fsp3) is 0.429. The summed E-state index contributed by atoms with van der Waals surface area (Å²) in [4.78, 5) is 28.5. The van der Waals surface area contributed by atoms with Gasteiger partial charge in [0.25, 0.3) is 11.8 Å². The number of hydrogen-bond acceptors (Lipinski definition) is 6. The highest BCUT2D eigenvalue weighted by molar-refractivity contribution is 7.89. The van der Waals surface area contributed by atoms with Crippen molar-refractivity contribution >= 4 is 21.8 Å². The number of ether oxygens (including phenoxy) is 1. The summed E-state index contributed by atoms with van der Waals surface area (Å²) in [6.07, 6.45) is 3.15. The lowest BCUT2D eigenvalue weighted by molar-refractivity contribution is 0.0518. The van der Waals surface area contributed by atoms with Gasteiger partial charge in [0.05, 0.1) is 17.3 Å². The number of rotatable bonds is 6. The van der Waals surface area contributed by atoms with Crippen LogP contribution in [0.15, 0.2) is 52.0 Å². The Hall–Kier alpha value is -2.69. The van der Waals surface area contributed by atoms with Gasteiger partial charge in [-0.3, -0.25) is 9.59 Å². The van der Waals surface area contributed by atoms with Gasteiger partial charge in [-0.1, -0.05) is 0 Å². The van der Waals surface area contributed by atoms with E-state index in [9.17, 15) is 18.0 Å². The van der Waals surface area contributed by atoms with Gasteiger partial charge in [0.1, 0.15) is 0 Å². The molecule has 0 spiro atoms. The van der Waals surface area contributed by atoms with E-state index in [0.717, 1.165) is 12.8 Å². The molecule has 0 saturated carbocycles. The zero-order valence-corrected chi connectivity index (χ0v) is 17.8. The van der Waals surface area contributed by atoms with Crippen LogP contribution in [-0.2, 0) is 14.8 Å². The van der Waals surface area contributed by atoms with E-state index in [1.165, 1.54) is 30.5 Å². The first-order valence-corrected chi connectivity index (χ1v) is 11.8. The molecule has 2 saturated heterocycles. The zero-order valence-electron chi connectivity index (χ0n) is 17.0. The molecule has 0 aliphatic carbocycles. The average Bonchev–Trinajstić information content (AvgIpc) is 3.51. The summed E-state index contributed by atoms with van der Waals surface area (Å²) in [5.41, 5.74) is 0.406. The van der Waals surface area contributed by atoms with Crippen LogP contribution in [0.2, 0.25) is 0 Å². The number of carbonyl (C=O) groups excluding carboxylic acids is 2. The summed E-state index contributed by atoms with van der Waals surface area (Å²) >= 11 is 0. The molecule has 2 aliphatic rings. The van der Waals surface area contributed by atoms with E-state index in [-0.39, 0.29) is 35.1 Å². The first kappa shape index (κ1) is 21.5.